The number of sulfonamides is 1. The fourth-order valence-corrected chi connectivity index (χ4v) is 1.23. The number of hydrogen-bond donors (Lipinski definition) is 1. The first-order chi connectivity index (χ1) is 7.18. The minimum absolute atomic E-state index is 0.299. The van der Waals surface area contributed by atoms with Crippen LogP contribution in [0.1, 0.15) is 0 Å². The van der Waals surface area contributed by atoms with Gasteiger partial charge in [0.25, 0.3) is 0 Å². The maximum absolute atomic E-state index is 11.7. The van der Waals surface area contributed by atoms with Gasteiger partial charge in [0, 0.05) is 6.07 Å². The summed E-state index contributed by atoms with van der Waals surface area (Å²) in [5.41, 5.74) is 0. The Morgan fingerprint density at radius 2 is 2.00 bits per heavy atom. The molecule has 0 saturated carbocycles. The largest absolute Gasteiger partial charge is 0.468 e. The van der Waals surface area contributed by atoms with Crippen LogP contribution in [0.4, 0.5) is 13.2 Å². The van der Waals surface area contributed by atoms with E-state index in [1.54, 1.807) is 0 Å². The molecule has 5 nitrogen and oxygen atoms in total. The Labute approximate surface area is 89.1 Å². The van der Waals surface area contributed by atoms with Gasteiger partial charge >= 0.3 is 6.18 Å². The summed E-state index contributed by atoms with van der Waals surface area (Å²) in [6.45, 7) is -1.49. The van der Waals surface area contributed by atoms with E-state index in [0.29, 0.717) is 0 Å². The summed E-state index contributed by atoms with van der Waals surface area (Å²) in [6.07, 6.45) is -3.65. The van der Waals surface area contributed by atoms with Crippen LogP contribution in [-0.2, 0) is 10.0 Å². The highest BCUT2D eigenvalue weighted by Gasteiger charge is 2.28. The third-order valence-electron chi connectivity index (χ3n) is 1.42. The van der Waals surface area contributed by atoms with Crippen LogP contribution in [0, 0.1) is 0 Å². The van der Waals surface area contributed by atoms with Gasteiger partial charge in [-0.05, 0) is 6.07 Å². The van der Waals surface area contributed by atoms with Crippen LogP contribution in [0.3, 0.4) is 0 Å². The average molecular weight is 256 g/mol. The van der Waals surface area contributed by atoms with Crippen LogP contribution < -0.4 is 9.88 Å². The number of halogens is 3. The van der Waals surface area contributed by atoms with Crippen molar-refractivity contribution in [2.24, 2.45) is 5.14 Å². The van der Waals surface area contributed by atoms with Crippen molar-refractivity contribution in [1.29, 1.82) is 0 Å². The highest BCUT2D eigenvalue weighted by atomic mass is 32.2. The normalized spacial score (nSPS) is 12.5. The van der Waals surface area contributed by atoms with Crippen LogP contribution in [0.25, 0.3) is 0 Å². The van der Waals surface area contributed by atoms with Crippen molar-refractivity contribution in [3.05, 3.63) is 18.3 Å². The first-order valence-electron chi connectivity index (χ1n) is 3.87. The van der Waals surface area contributed by atoms with Gasteiger partial charge in [0.05, 0.1) is 6.20 Å². The zero-order valence-electron chi connectivity index (χ0n) is 7.73. The lowest BCUT2D eigenvalue weighted by atomic mass is 10.5. The molecule has 90 valence electrons. The molecule has 0 fully saturated rings. The monoisotopic (exact) mass is 256 g/mol. The van der Waals surface area contributed by atoms with E-state index in [2.05, 4.69) is 9.72 Å². The molecule has 0 aliphatic heterocycles. The Morgan fingerprint density at radius 1 is 1.38 bits per heavy atom. The second-order valence-corrected chi connectivity index (χ2v) is 4.34. The molecule has 0 unspecified atom stereocenters. The van der Waals surface area contributed by atoms with E-state index in [0.717, 1.165) is 18.3 Å². The molecule has 0 atom stereocenters. The summed E-state index contributed by atoms with van der Waals surface area (Å²) in [4.78, 5) is 3.07. The van der Waals surface area contributed by atoms with Crippen molar-refractivity contribution in [2.75, 3.05) is 6.61 Å². The summed E-state index contributed by atoms with van der Waals surface area (Å²) >= 11 is 0. The molecular weight excluding hydrogens is 249 g/mol. The smallest absolute Gasteiger partial charge is 0.422 e. The lowest BCUT2D eigenvalue weighted by molar-refractivity contribution is -0.154. The Morgan fingerprint density at radius 3 is 2.38 bits per heavy atom. The highest BCUT2D eigenvalue weighted by Crippen LogP contribution is 2.17. The summed E-state index contributed by atoms with van der Waals surface area (Å²) in [7, 11) is -3.90. The van der Waals surface area contributed by atoms with Gasteiger partial charge in [-0.2, -0.15) is 13.2 Å². The second kappa shape index (κ2) is 4.26. The Bertz CT molecular complexity index is 455. The van der Waals surface area contributed by atoms with Crippen molar-refractivity contribution >= 4 is 10.0 Å². The molecule has 9 heteroatoms. The van der Waals surface area contributed by atoms with Crippen LogP contribution >= 0.6 is 0 Å². The summed E-state index contributed by atoms with van der Waals surface area (Å²) in [5.74, 6) is -0.329. The van der Waals surface area contributed by atoms with Gasteiger partial charge in [0.15, 0.2) is 6.61 Å². The zero-order valence-corrected chi connectivity index (χ0v) is 8.55. The number of rotatable bonds is 3. The molecule has 0 aliphatic rings. The average Bonchev–Trinajstić information content (AvgIpc) is 2.13. The van der Waals surface area contributed by atoms with E-state index in [-0.39, 0.29) is 10.8 Å². The molecular formula is C7H7F3N2O3S. The van der Waals surface area contributed by atoms with Gasteiger partial charge in [0.2, 0.25) is 15.9 Å². The van der Waals surface area contributed by atoms with Gasteiger partial charge < -0.3 is 4.74 Å². The lowest BCUT2D eigenvalue weighted by Gasteiger charge is -2.08. The summed E-state index contributed by atoms with van der Waals surface area (Å²) in [6, 6.07) is 2.00. The predicted octanol–water partition coefficient (Wildman–Crippen LogP) is 0.670. The molecule has 1 aromatic heterocycles. The van der Waals surface area contributed by atoms with E-state index < -0.39 is 22.8 Å². The predicted molar refractivity (Wildman–Crippen MR) is 47.2 cm³/mol. The topological polar surface area (TPSA) is 82.3 Å². The Balaban J connectivity index is 2.73. The highest BCUT2D eigenvalue weighted by molar-refractivity contribution is 7.89. The lowest BCUT2D eigenvalue weighted by Crippen LogP contribution is -2.19. The fourth-order valence-electron chi connectivity index (χ4n) is 0.776. The minimum Gasteiger partial charge on any atom is -0.468 e. The second-order valence-electron chi connectivity index (χ2n) is 2.78. The molecule has 1 heterocycles. The first kappa shape index (κ1) is 12.7. The number of alkyl halides is 3. The molecule has 2 N–H and O–H groups in total. The molecule has 0 saturated heterocycles. The maximum atomic E-state index is 11.7. The third kappa shape index (κ3) is 4.03. The van der Waals surface area contributed by atoms with Crippen molar-refractivity contribution in [3.63, 3.8) is 0 Å². The van der Waals surface area contributed by atoms with Gasteiger partial charge in [-0.25, -0.2) is 18.5 Å². The number of ether oxygens (including phenoxy) is 1. The Hall–Kier alpha value is -1.35. The van der Waals surface area contributed by atoms with E-state index in [9.17, 15) is 21.6 Å². The Kier molecular flexibility index (Phi) is 3.38. The fraction of sp³-hybridized carbons (Fsp3) is 0.286. The first-order valence-corrected chi connectivity index (χ1v) is 5.41. The third-order valence-corrected chi connectivity index (χ3v) is 2.32. The molecule has 16 heavy (non-hydrogen) atoms. The van der Waals surface area contributed by atoms with Crippen LogP contribution in [0.5, 0.6) is 5.88 Å². The number of pyridine rings is 1. The molecule has 0 radical (unpaired) electrons. The van der Waals surface area contributed by atoms with Crippen molar-refractivity contribution in [3.8, 4) is 5.88 Å². The summed E-state index contributed by atoms with van der Waals surface area (Å²) < 4.78 is 61.0. The molecule has 0 bridgehead atoms. The van der Waals surface area contributed by atoms with Gasteiger partial charge in [-0.15, -0.1) is 0 Å². The number of nitrogens with two attached hydrogens (primary N) is 1. The van der Waals surface area contributed by atoms with Crippen molar-refractivity contribution in [2.45, 2.75) is 11.1 Å². The van der Waals surface area contributed by atoms with E-state index in [4.69, 9.17) is 5.14 Å². The molecule has 0 amide bonds. The van der Waals surface area contributed by atoms with Crippen LogP contribution in [0.15, 0.2) is 23.2 Å². The zero-order chi connectivity index (χ0) is 12.4. The van der Waals surface area contributed by atoms with E-state index in [1.165, 1.54) is 0 Å². The van der Waals surface area contributed by atoms with Gasteiger partial charge in [-0.1, -0.05) is 0 Å². The molecule has 0 aliphatic carbocycles. The number of aromatic nitrogens is 1. The number of hydrogen-bond acceptors (Lipinski definition) is 4. The van der Waals surface area contributed by atoms with Crippen LogP contribution in [-0.4, -0.2) is 26.2 Å². The maximum Gasteiger partial charge on any atom is 0.422 e. The standard InChI is InChI=1S/C7H7F3N2O3S/c8-7(9,10)4-15-6-2-1-5(3-12-6)16(11,13)14/h1-3H,4H2,(H2,11,13,14). The van der Waals surface area contributed by atoms with E-state index >= 15 is 0 Å². The quantitative estimate of drug-likeness (QED) is 0.861. The van der Waals surface area contributed by atoms with Crippen molar-refractivity contribution in [1.82, 2.24) is 4.98 Å². The molecule has 0 spiro atoms. The van der Waals surface area contributed by atoms with Gasteiger partial charge in [-0.3, -0.25) is 0 Å². The number of nitrogens with zero attached hydrogens (tertiary/aromatic N) is 1. The van der Waals surface area contributed by atoms with Crippen LogP contribution in [0.2, 0.25) is 0 Å². The molecule has 1 aromatic rings. The number of primary sulfonamides is 1. The summed E-state index contributed by atoms with van der Waals surface area (Å²) in [5, 5.41) is 4.76. The van der Waals surface area contributed by atoms with E-state index in [1.807, 2.05) is 0 Å². The SMILES string of the molecule is NS(=O)(=O)c1ccc(OCC(F)(F)F)nc1. The minimum atomic E-state index is -4.47. The molecule has 0 aromatic carbocycles. The van der Waals surface area contributed by atoms with Crippen molar-refractivity contribution < 1.29 is 26.3 Å². The van der Waals surface area contributed by atoms with Gasteiger partial charge in [0.1, 0.15) is 4.90 Å². The molecule has 1 rings (SSSR count).